The molecule has 0 aromatic carbocycles. The molecular weight excluding hydrogens is 208 g/mol. The molecule has 0 aliphatic carbocycles. The van der Waals surface area contributed by atoms with E-state index in [-0.39, 0.29) is 0 Å². The first-order chi connectivity index (χ1) is 8.36. The average molecular weight is 239 g/mol. The van der Waals surface area contributed by atoms with Gasteiger partial charge in [-0.25, -0.2) is 5.32 Å². The number of nitrogens with one attached hydrogen (secondary N) is 1. The van der Waals surface area contributed by atoms with E-state index in [9.17, 15) is 0 Å². The number of nitrogens with zero attached hydrogens (tertiary/aromatic N) is 1. The number of unbranched alkanes of at least 4 members (excludes halogenated alkanes) is 5. The fourth-order valence-corrected chi connectivity index (χ4v) is 2.54. The van der Waals surface area contributed by atoms with Crippen LogP contribution in [0.4, 0.5) is 0 Å². The van der Waals surface area contributed by atoms with Gasteiger partial charge < -0.3 is 5.32 Å². The Kier molecular flexibility index (Phi) is 8.72. The van der Waals surface area contributed by atoms with Crippen LogP contribution in [0.2, 0.25) is 0 Å². The number of hydrogen-bond acceptors (Lipinski definition) is 1. The van der Waals surface area contributed by atoms with Gasteiger partial charge in [0.1, 0.15) is 0 Å². The summed E-state index contributed by atoms with van der Waals surface area (Å²) >= 11 is 0. The lowest BCUT2D eigenvalue weighted by atomic mass is 10.0. The van der Waals surface area contributed by atoms with Crippen molar-refractivity contribution < 1.29 is 0 Å². The van der Waals surface area contributed by atoms with Crippen molar-refractivity contribution >= 4 is 0 Å². The van der Waals surface area contributed by atoms with Crippen molar-refractivity contribution in [2.75, 3.05) is 13.1 Å². The number of hydrogen-bond donors (Lipinski definition) is 1. The van der Waals surface area contributed by atoms with E-state index in [1.165, 1.54) is 57.8 Å². The summed E-state index contributed by atoms with van der Waals surface area (Å²) in [7, 11) is 0. The molecule has 0 amide bonds. The summed E-state index contributed by atoms with van der Waals surface area (Å²) in [5.41, 5.74) is 0. The topological polar surface area (TPSA) is 26.1 Å². The van der Waals surface area contributed by atoms with E-state index in [1.54, 1.807) is 0 Å². The van der Waals surface area contributed by atoms with Gasteiger partial charge in [0, 0.05) is 25.2 Å². The Morgan fingerprint density at radius 3 is 2.29 bits per heavy atom. The van der Waals surface area contributed by atoms with Crippen LogP contribution in [0.15, 0.2) is 0 Å². The van der Waals surface area contributed by atoms with Crippen molar-refractivity contribution in [3.63, 3.8) is 0 Å². The predicted octanol–water partition coefficient (Wildman–Crippen LogP) is 3.48. The zero-order valence-corrected chi connectivity index (χ0v) is 11.9. The number of rotatable bonds is 9. The van der Waals surface area contributed by atoms with Crippen molar-refractivity contribution in [1.29, 1.82) is 0 Å². The Morgan fingerprint density at radius 1 is 0.941 bits per heavy atom. The van der Waals surface area contributed by atoms with Gasteiger partial charge in [-0.15, -0.1) is 0 Å². The Hall–Kier alpha value is -0.0800. The lowest BCUT2D eigenvalue weighted by molar-refractivity contribution is 0.306. The van der Waals surface area contributed by atoms with Gasteiger partial charge in [-0.05, 0) is 12.8 Å². The van der Waals surface area contributed by atoms with Crippen molar-refractivity contribution in [3.8, 4) is 0 Å². The lowest BCUT2D eigenvalue weighted by Crippen LogP contribution is -2.50. The van der Waals surface area contributed by atoms with Crippen LogP contribution in [-0.2, 0) is 0 Å². The van der Waals surface area contributed by atoms with Gasteiger partial charge in [0.2, 0.25) is 0 Å². The standard InChI is InChI=1S/C15H31N2/c1-3-5-7-9-11-15-13-16-14(12-17-15)10-8-6-4-2/h14-15,17H,3-13H2,1-2H3. The monoisotopic (exact) mass is 239 g/mol. The summed E-state index contributed by atoms with van der Waals surface area (Å²) in [5.74, 6) is 0. The zero-order chi connectivity index (χ0) is 12.3. The van der Waals surface area contributed by atoms with E-state index in [2.05, 4.69) is 19.2 Å². The van der Waals surface area contributed by atoms with Crippen LogP contribution in [0.25, 0.3) is 0 Å². The molecule has 2 heteroatoms. The molecule has 0 bridgehead atoms. The molecule has 0 saturated carbocycles. The van der Waals surface area contributed by atoms with E-state index < -0.39 is 0 Å². The third-order valence-electron chi connectivity index (χ3n) is 3.77. The minimum absolute atomic E-state index is 0.605. The Morgan fingerprint density at radius 2 is 1.65 bits per heavy atom. The van der Waals surface area contributed by atoms with Crippen LogP contribution in [0, 0.1) is 0 Å². The number of piperazine rings is 1. The molecule has 0 aromatic heterocycles. The van der Waals surface area contributed by atoms with Gasteiger partial charge in [-0.1, -0.05) is 58.8 Å². The first kappa shape index (κ1) is 15.0. The van der Waals surface area contributed by atoms with Gasteiger partial charge >= 0.3 is 0 Å². The summed E-state index contributed by atoms with van der Waals surface area (Å²) in [4.78, 5) is 0. The molecule has 1 aliphatic rings. The maximum absolute atomic E-state index is 4.82. The summed E-state index contributed by atoms with van der Waals surface area (Å²) in [5, 5.41) is 8.50. The molecule has 1 N–H and O–H groups in total. The highest BCUT2D eigenvalue weighted by atomic mass is 15.1. The smallest absolute Gasteiger partial charge is 0.0371 e. The quantitative estimate of drug-likeness (QED) is 0.613. The van der Waals surface area contributed by atoms with Gasteiger partial charge in [-0.2, -0.15) is 0 Å². The van der Waals surface area contributed by atoms with Gasteiger partial charge in [0.05, 0.1) is 0 Å². The second kappa shape index (κ2) is 9.90. The van der Waals surface area contributed by atoms with Crippen molar-refractivity contribution in [2.45, 2.75) is 83.7 Å². The first-order valence-corrected chi connectivity index (χ1v) is 7.76. The van der Waals surface area contributed by atoms with Crippen LogP contribution in [0.1, 0.15) is 71.6 Å². The molecule has 2 nitrogen and oxygen atoms in total. The fraction of sp³-hybridized carbons (Fsp3) is 1.00. The second-order valence-electron chi connectivity index (χ2n) is 5.47. The molecule has 101 valence electrons. The van der Waals surface area contributed by atoms with Crippen molar-refractivity contribution in [2.24, 2.45) is 0 Å². The molecule has 2 atom stereocenters. The molecule has 1 saturated heterocycles. The molecule has 1 heterocycles. The minimum atomic E-state index is 0.605. The van der Waals surface area contributed by atoms with Crippen LogP contribution < -0.4 is 10.6 Å². The summed E-state index contributed by atoms with van der Waals surface area (Å²) in [6.07, 6.45) is 12.2. The molecule has 1 fully saturated rings. The largest absolute Gasteiger partial charge is 0.311 e. The third kappa shape index (κ3) is 7.05. The molecule has 1 rings (SSSR count). The molecule has 1 radical (unpaired) electrons. The SMILES string of the molecule is CCCCCCC1C[N]C(CCCCC)CN1. The highest BCUT2D eigenvalue weighted by Crippen LogP contribution is 2.11. The Bertz CT molecular complexity index is 162. The van der Waals surface area contributed by atoms with Crippen LogP contribution in [0.3, 0.4) is 0 Å². The van der Waals surface area contributed by atoms with Crippen LogP contribution in [-0.4, -0.2) is 25.2 Å². The summed E-state index contributed by atoms with van der Waals surface area (Å²) in [6, 6.07) is 1.28. The zero-order valence-electron chi connectivity index (χ0n) is 11.9. The van der Waals surface area contributed by atoms with Crippen molar-refractivity contribution in [3.05, 3.63) is 0 Å². The third-order valence-corrected chi connectivity index (χ3v) is 3.77. The maximum Gasteiger partial charge on any atom is 0.0371 e. The molecule has 0 aromatic rings. The summed E-state index contributed by atoms with van der Waals surface area (Å²) in [6.45, 7) is 6.72. The normalized spacial score (nSPS) is 25.1. The molecule has 0 spiro atoms. The van der Waals surface area contributed by atoms with E-state index in [0.29, 0.717) is 12.1 Å². The highest BCUT2D eigenvalue weighted by molar-refractivity contribution is 4.82. The average Bonchev–Trinajstić information content (AvgIpc) is 2.37. The van der Waals surface area contributed by atoms with Gasteiger partial charge in [0.15, 0.2) is 0 Å². The molecule has 17 heavy (non-hydrogen) atoms. The summed E-state index contributed by atoms with van der Waals surface area (Å²) < 4.78 is 0. The van der Waals surface area contributed by atoms with Gasteiger partial charge in [-0.3, -0.25) is 0 Å². The maximum atomic E-state index is 4.82. The molecule has 1 aliphatic heterocycles. The van der Waals surface area contributed by atoms with Crippen molar-refractivity contribution in [1.82, 2.24) is 10.6 Å². The Labute approximate surface area is 108 Å². The van der Waals surface area contributed by atoms with E-state index in [4.69, 9.17) is 5.32 Å². The highest BCUT2D eigenvalue weighted by Gasteiger charge is 2.19. The van der Waals surface area contributed by atoms with E-state index in [0.717, 1.165) is 13.1 Å². The van der Waals surface area contributed by atoms with Crippen LogP contribution in [0.5, 0.6) is 0 Å². The second-order valence-corrected chi connectivity index (χ2v) is 5.47. The first-order valence-electron chi connectivity index (χ1n) is 7.76. The van der Waals surface area contributed by atoms with E-state index in [1.807, 2.05) is 0 Å². The van der Waals surface area contributed by atoms with E-state index >= 15 is 0 Å². The van der Waals surface area contributed by atoms with Gasteiger partial charge in [0.25, 0.3) is 0 Å². The predicted molar refractivity (Wildman–Crippen MR) is 75.5 cm³/mol. The Balaban J connectivity index is 1.97. The molecular formula is C15H31N2. The lowest BCUT2D eigenvalue weighted by Gasteiger charge is -2.30. The molecule has 2 unspecified atom stereocenters. The fourth-order valence-electron chi connectivity index (χ4n) is 2.54. The van der Waals surface area contributed by atoms with Crippen LogP contribution >= 0.6 is 0 Å². The minimum Gasteiger partial charge on any atom is -0.311 e.